The van der Waals surface area contributed by atoms with Crippen LogP contribution in [-0.2, 0) is 11.2 Å². The molecule has 0 spiro atoms. The van der Waals surface area contributed by atoms with Crippen molar-refractivity contribution in [2.45, 2.75) is 6.42 Å². The van der Waals surface area contributed by atoms with Gasteiger partial charge in [-0.1, -0.05) is 18.2 Å². The first-order valence-electron chi connectivity index (χ1n) is 5.66. The predicted molar refractivity (Wildman–Crippen MR) is 71.0 cm³/mol. The fourth-order valence-electron chi connectivity index (χ4n) is 2.09. The van der Waals surface area contributed by atoms with Crippen LogP contribution in [0, 0.1) is 11.3 Å². The second kappa shape index (κ2) is 4.34. The molecule has 0 N–H and O–H groups in total. The van der Waals surface area contributed by atoms with Crippen molar-refractivity contribution in [2.75, 3.05) is 4.90 Å². The van der Waals surface area contributed by atoms with Gasteiger partial charge in [-0.2, -0.15) is 5.26 Å². The highest BCUT2D eigenvalue weighted by Gasteiger charge is 2.32. The minimum absolute atomic E-state index is 0.210. The molecule has 92 valence electrons. The van der Waals surface area contributed by atoms with Crippen molar-refractivity contribution >= 4 is 28.2 Å². The zero-order valence-electron chi connectivity index (χ0n) is 9.79. The first-order valence-corrected chi connectivity index (χ1v) is 6.47. The van der Waals surface area contributed by atoms with Crippen LogP contribution in [0.5, 0.6) is 0 Å². The number of carbonyl (C=O) groups is 2. The van der Waals surface area contributed by atoms with E-state index in [2.05, 4.69) is 0 Å². The molecule has 0 aliphatic carbocycles. The van der Waals surface area contributed by atoms with Crippen molar-refractivity contribution in [1.82, 2.24) is 0 Å². The maximum absolute atomic E-state index is 12.4. The Morgan fingerprint density at radius 1 is 1.16 bits per heavy atom. The molecular weight excluding hydrogens is 260 g/mol. The van der Waals surface area contributed by atoms with Crippen LogP contribution in [0.2, 0.25) is 0 Å². The number of hydrogen-bond donors (Lipinski definition) is 0. The molecule has 2 heterocycles. The third-order valence-corrected chi connectivity index (χ3v) is 3.94. The van der Waals surface area contributed by atoms with Gasteiger partial charge < -0.3 is 0 Å². The molecule has 1 aromatic carbocycles. The van der Waals surface area contributed by atoms with E-state index in [1.165, 1.54) is 0 Å². The Labute approximate surface area is 113 Å². The lowest BCUT2D eigenvalue weighted by atomic mass is 9.99. The molecule has 0 saturated carbocycles. The number of nitriles is 1. The summed E-state index contributed by atoms with van der Waals surface area (Å²) in [5.41, 5.74) is 1.31. The number of hydrogen-bond acceptors (Lipinski definition) is 4. The van der Waals surface area contributed by atoms with E-state index in [0.29, 0.717) is 15.4 Å². The fourth-order valence-corrected chi connectivity index (χ4v) is 2.91. The molecule has 0 atom stereocenters. The number of rotatable bonds is 1. The third-order valence-electron chi connectivity index (χ3n) is 2.96. The summed E-state index contributed by atoms with van der Waals surface area (Å²) in [7, 11) is 0. The first-order chi connectivity index (χ1) is 9.20. The quantitative estimate of drug-likeness (QED) is 0.746. The third kappa shape index (κ3) is 1.83. The van der Waals surface area contributed by atoms with Crippen LogP contribution in [0.4, 0.5) is 5.00 Å². The molecular formula is C14H8N2O2S. The predicted octanol–water partition coefficient (Wildman–Crippen LogP) is 2.35. The van der Waals surface area contributed by atoms with Gasteiger partial charge >= 0.3 is 0 Å². The van der Waals surface area contributed by atoms with E-state index in [1.54, 1.807) is 30.3 Å². The van der Waals surface area contributed by atoms with Crippen molar-refractivity contribution in [3.05, 3.63) is 52.4 Å². The maximum atomic E-state index is 12.4. The van der Waals surface area contributed by atoms with Crippen LogP contribution >= 0.6 is 11.3 Å². The van der Waals surface area contributed by atoms with Gasteiger partial charge in [-0.25, -0.2) is 4.90 Å². The molecule has 3 rings (SSSR count). The zero-order valence-corrected chi connectivity index (χ0v) is 10.6. The standard InChI is InChI=1S/C14H8N2O2S/c15-8-10-5-6-13(19-10)16-12(17)7-9-3-1-2-4-11(9)14(16)18/h1-6H,7H2. The lowest BCUT2D eigenvalue weighted by molar-refractivity contribution is -0.117. The average molecular weight is 268 g/mol. The zero-order chi connectivity index (χ0) is 13.4. The van der Waals surface area contributed by atoms with E-state index >= 15 is 0 Å². The van der Waals surface area contributed by atoms with E-state index < -0.39 is 0 Å². The summed E-state index contributed by atoms with van der Waals surface area (Å²) in [5, 5.41) is 9.31. The molecule has 0 fully saturated rings. The van der Waals surface area contributed by atoms with Crippen LogP contribution in [0.3, 0.4) is 0 Å². The van der Waals surface area contributed by atoms with E-state index in [-0.39, 0.29) is 18.2 Å². The van der Waals surface area contributed by atoms with Gasteiger partial charge in [0, 0.05) is 5.56 Å². The number of fused-ring (bicyclic) bond motifs is 1. The molecule has 2 aromatic rings. The minimum Gasteiger partial charge on any atom is -0.274 e. The molecule has 5 heteroatoms. The van der Waals surface area contributed by atoms with Crippen molar-refractivity contribution in [2.24, 2.45) is 0 Å². The van der Waals surface area contributed by atoms with E-state index in [9.17, 15) is 9.59 Å². The molecule has 0 unspecified atom stereocenters. The second-order valence-corrected chi connectivity index (χ2v) is 5.18. The molecule has 1 aliphatic heterocycles. The first kappa shape index (κ1) is 11.6. The second-order valence-electron chi connectivity index (χ2n) is 4.12. The summed E-state index contributed by atoms with van der Waals surface area (Å²) in [6.45, 7) is 0. The summed E-state index contributed by atoms with van der Waals surface area (Å²) < 4.78 is 0. The molecule has 1 aromatic heterocycles. The lowest BCUT2D eigenvalue weighted by Crippen LogP contribution is -2.41. The Bertz CT molecular complexity index is 727. The van der Waals surface area contributed by atoms with Crippen molar-refractivity contribution in [3.8, 4) is 6.07 Å². The Morgan fingerprint density at radius 2 is 1.95 bits per heavy atom. The summed E-state index contributed by atoms with van der Waals surface area (Å²) in [6, 6.07) is 12.3. The molecule has 1 aliphatic rings. The Morgan fingerprint density at radius 3 is 2.68 bits per heavy atom. The van der Waals surface area contributed by atoms with Crippen molar-refractivity contribution in [1.29, 1.82) is 5.26 Å². The van der Waals surface area contributed by atoms with Crippen LogP contribution in [0.1, 0.15) is 20.8 Å². The van der Waals surface area contributed by atoms with Crippen LogP contribution in [-0.4, -0.2) is 11.8 Å². The summed E-state index contributed by atoms with van der Waals surface area (Å²) in [4.78, 5) is 26.1. The number of carbonyl (C=O) groups excluding carboxylic acids is 2. The highest BCUT2D eigenvalue weighted by atomic mass is 32.1. The monoisotopic (exact) mass is 268 g/mol. The van der Waals surface area contributed by atoms with Gasteiger partial charge in [0.05, 0.1) is 6.42 Å². The summed E-state index contributed by atoms with van der Waals surface area (Å²) in [6.07, 6.45) is 0.210. The van der Waals surface area contributed by atoms with Gasteiger partial charge in [0.2, 0.25) is 5.91 Å². The molecule has 0 radical (unpaired) electrons. The van der Waals surface area contributed by atoms with E-state index in [0.717, 1.165) is 21.8 Å². The Hall–Kier alpha value is -2.45. The van der Waals surface area contributed by atoms with Gasteiger partial charge in [-0.15, -0.1) is 11.3 Å². The number of thiophene rings is 1. The molecule has 4 nitrogen and oxygen atoms in total. The Balaban J connectivity index is 2.07. The van der Waals surface area contributed by atoms with Gasteiger partial charge in [0.1, 0.15) is 15.9 Å². The van der Waals surface area contributed by atoms with Crippen molar-refractivity contribution in [3.63, 3.8) is 0 Å². The Kier molecular flexibility index (Phi) is 2.65. The maximum Gasteiger partial charge on any atom is 0.266 e. The lowest BCUT2D eigenvalue weighted by Gasteiger charge is -2.25. The molecule has 2 amide bonds. The van der Waals surface area contributed by atoms with Gasteiger partial charge in [0.25, 0.3) is 5.91 Å². The number of anilines is 1. The van der Waals surface area contributed by atoms with Crippen LogP contribution in [0.25, 0.3) is 0 Å². The number of amides is 2. The smallest absolute Gasteiger partial charge is 0.266 e. The molecule has 19 heavy (non-hydrogen) atoms. The molecule has 0 bridgehead atoms. The topological polar surface area (TPSA) is 61.2 Å². The summed E-state index contributed by atoms with van der Waals surface area (Å²) >= 11 is 1.14. The van der Waals surface area contributed by atoms with Crippen LogP contribution in [0.15, 0.2) is 36.4 Å². The van der Waals surface area contributed by atoms with Crippen molar-refractivity contribution < 1.29 is 9.59 Å². The number of imide groups is 1. The molecule has 0 saturated heterocycles. The largest absolute Gasteiger partial charge is 0.274 e. The van der Waals surface area contributed by atoms with Crippen LogP contribution < -0.4 is 4.90 Å². The number of nitrogens with zero attached hydrogens (tertiary/aromatic N) is 2. The number of benzene rings is 1. The summed E-state index contributed by atoms with van der Waals surface area (Å²) in [5.74, 6) is -0.576. The van der Waals surface area contributed by atoms with Gasteiger partial charge in [-0.3, -0.25) is 9.59 Å². The minimum atomic E-state index is -0.321. The normalized spacial score (nSPS) is 14.2. The fraction of sp³-hybridized carbons (Fsp3) is 0.0714. The average Bonchev–Trinajstić information content (AvgIpc) is 2.87. The van der Waals surface area contributed by atoms with E-state index in [1.807, 2.05) is 12.1 Å². The van der Waals surface area contributed by atoms with Gasteiger partial charge in [0.15, 0.2) is 0 Å². The highest BCUT2D eigenvalue weighted by Crippen LogP contribution is 2.30. The highest BCUT2D eigenvalue weighted by molar-refractivity contribution is 7.17. The van der Waals surface area contributed by atoms with Gasteiger partial charge in [-0.05, 0) is 23.8 Å². The van der Waals surface area contributed by atoms with E-state index in [4.69, 9.17) is 5.26 Å². The SMILES string of the molecule is N#Cc1ccc(N2C(=O)Cc3ccccc3C2=O)s1.